The van der Waals surface area contributed by atoms with Gasteiger partial charge in [0.1, 0.15) is 0 Å². The summed E-state index contributed by atoms with van der Waals surface area (Å²) in [4.78, 5) is 24.1. The van der Waals surface area contributed by atoms with Crippen molar-refractivity contribution in [3.05, 3.63) is 29.8 Å². The molecule has 2 amide bonds. The molecule has 0 unspecified atom stereocenters. The minimum atomic E-state index is -0.526. The van der Waals surface area contributed by atoms with Gasteiger partial charge in [0.15, 0.2) is 0 Å². The number of nitrogen functional groups attached to an aromatic ring is 1. The van der Waals surface area contributed by atoms with Crippen molar-refractivity contribution >= 4 is 17.5 Å². The maximum absolute atomic E-state index is 11.5. The molecule has 0 aromatic heterocycles. The molecule has 2 rings (SSSR count). The van der Waals surface area contributed by atoms with Crippen molar-refractivity contribution < 1.29 is 9.59 Å². The van der Waals surface area contributed by atoms with Crippen LogP contribution in [-0.2, 0) is 16.1 Å². The second kappa shape index (κ2) is 4.22. The highest BCUT2D eigenvalue weighted by atomic mass is 16.2. The van der Waals surface area contributed by atoms with E-state index < -0.39 is 11.8 Å². The average Bonchev–Trinajstić information content (AvgIpc) is 2.28. The maximum Gasteiger partial charge on any atom is 0.312 e. The van der Waals surface area contributed by atoms with E-state index >= 15 is 0 Å². The number of carbonyl (C=O) groups excluding carboxylic acids is 2. The second-order valence-corrected chi connectivity index (χ2v) is 3.72. The number of amides is 2. The second-order valence-electron chi connectivity index (χ2n) is 3.72. The number of hydrogen-bond acceptors (Lipinski definition) is 3. The highest BCUT2D eigenvalue weighted by Gasteiger charge is 2.25. The smallest absolute Gasteiger partial charge is 0.312 e. The summed E-state index contributed by atoms with van der Waals surface area (Å²) in [6, 6.07) is 7.28. The van der Waals surface area contributed by atoms with E-state index in [1.165, 1.54) is 4.90 Å². The average molecular weight is 219 g/mol. The van der Waals surface area contributed by atoms with Crippen LogP contribution in [0, 0.1) is 0 Å². The summed E-state index contributed by atoms with van der Waals surface area (Å²) in [5, 5.41) is 2.51. The molecule has 1 aliphatic heterocycles. The molecule has 0 radical (unpaired) electrons. The van der Waals surface area contributed by atoms with Crippen molar-refractivity contribution in [1.82, 2.24) is 10.2 Å². The molecule has 1 aromatic carbocycles. The van der Waals surface area contributed by atoms with Crippen LogP contribution >= 0.6 is 0 Å². The molecule has 1 aromatic rings. The summed E-state index contributed by atoms with van der Waals surface area (Å²) in [7, 11) is 0. The zero-order valence-corrected chi connectivity index (χ0v) is 8.77. The Morgan fingerprint density at radius 1 is 1.25 bits per heavy atom. The van der Waals surface area contributed by atoms with Crippen molar-refractivity contribution in [2.24, 2.45) is 0 Å². The fraction of sp³-hybridized carbons (Fsp3) is 0.273. The summed E-state index contributed by atoms with van der Waals surface area (Å²) < 4.78 is 0. The molecular formula is C11H13N3O2. The maximum atomic E-state index is 11.5. The molecule has 0 atom stereocenters. The van der Waals surface area contributed by atoms with Gasteiger partial charge in [-0.25, -0.2) is 0 Å². The van der Waals surface area contributed by atoms with Gasteiger partial charge in [-0.15, -0.1) is 0 Å². The van der Waals surface area contributed by atoms with E-state index in [4.69, 9.17) is 5.73 Å². The first-order valence-corrected chi connectivity index (χ1v) is 5.08. The van der Waals surface area contributed by atoms with Gasteiger partial charge in [-0.2, -0.15) is 0 Å². The molecule has 16 heavy (non-hydrogen) atoms. The first-order valence-electron chi connectivity index (χ1n) is 5.08. The van der Waals surface area contributed by atoms with Gasteiger partial charge in [0.25, 0.3) is 0 Å². The van der Waals surface area contributed by atoms with Gasteiger partial charge in [-0.05, 0) is 17.7 Å². The van der Waals surface area contributed by atoms with E-state index in [2.05, 4.69) is 5.32 Å². The standard InChI is InChI=1S/C11H13N3O2/c12-9-3-1-8(2-4-9)7-14-6-5-13-10(15)11(14)16/h1-4H,5-7,12H2,(H,13,15). The Hall–Kier alpha value is -2.04. The molecule has 0 saturated carbocycles. The minimum absolute atomic E-state index is 0.451. The zero-order valence-electron chi connectivity index (χ0n) is 8.77. The molecule has 0 spiro atoms. The van der Waals surface area contributed by atoms with Crippen LogP contribution in [0.15, 0.2) is 24.3 Å². The summed E-state index contributed by atoms with van der Waals surface area (Å²) in [5.41, 5.74) is 7.22. The van der Waals surface area contributed by atoms with Crippen molar-refractivity contribution in [3.8, 4) is 0 Å². The molecule has 84 valence electrons. The number of piperazine rings is 1. The third-order valence-corrected chi connectivity index (χ3v) is 2.50. The molecule has 3 N–H and O–H groups in total. The van der Waals surface area contributed by atoms with Crippen LogP contribution in [0.5, 0.6) is 0 Å². The number of hydrogen-bond donors (Lipinski definition) is 2. The van der Waals surface area contributed by atoms with Gasteiger partial charge >= 0.3 is 11.8 Å². The summed E-state index contributed by atoms with van der Waals surface area (Å²) in [5.74, 6) is -0.996. The van der Waals surface area contributed by atoms with E-state index in [1.807, 2.05) is 12.1 Å². The Morgan fingerprint density at radius 2 is 1.94 bits per heavy atom. The Morgan fingerprint density at radius 3 is 2.62 bits per heavy atom. The Labute approximate surface area is 93.2 Å². The third-order valence-electron chi connectivity index (χ3n) is 2.50. The van der Waals surface area contributed by atoms with Crippen LogP contribution in [0.3, 0.4) is 0 Å². The van der Waals surface area contributed by atoms with E-state index in [1.54, 1.807) is 12.1 Å². The SMILES string of the molecule is Nc1ccc(CN2CCNC(=O)C2=O)cc1. The first kappa shape index (κ1) is 10.5. The number of carbonyl (C=O) groups is 2. The lowest BCUT2D eigenvalue weighted by molar-refractivity contribution is -0.148. The number of nitrogens with two attached hydrogens (primary N) is 1. The minimum Gasteiger partial charge on any atom is -0.399 e. The van der Waals surface area contributed by atoms with Crippen molar-refractivity contribution in [3.63, 3.8) is 0 Å². The van der Waals surface area contributed by atoms with Crippen molar-refractivity contribution in [2.45, 2.75) is 6.54 Å². The molecule has 1 heterocycles. The van der Waals surface area contributed by atoms with Crippen molar-refractivity contribution in [1.29, 1.82) is 0 Å². The van der Waals surface area contributed by atoms with Crippen LogP contribution in [0.25, 0.3) is 0 Å². The quantitative estimate of drug-likeness (QED) is 0.531. The van der Waals surface area contributed by atoms with Gasteiger partial charge in [-0.1, -0.05) is 12.1 Å². The molecule has 1 saturated heterocycles. The number of rotatable bonds is 2. The van der Waals surface area contributed by atoms with Gasteiger partial charge in [0.05, 0.1) is 0 Å². The monoisotopic (exact) mass is 219 g/mol. The van der Waals surface area contributed by atoms with Gasteiger partial charge in [0, 0.05) is 25.3 Å². The lowest BCUT2D eigenvalue weighted by Gasteiger charge is -2.26. The fourth-order valence-corrected chi connectivity index (χ4v) is 1.62. The molecule has 5 heteroatoms. The summed E-state index contributed by atoms with van der Waals surface area (Å²) in [6.07, 6.45) is 0. The molecule has 0 bridgehead atoms. The van der Waals surface area contributed by atoms with Crippen LogP contribution in [-0.4, -0.2) is 29.8 Å². The first-order chi connectivity index (χ1) is 7.66. The van der Waals surface area contributed by atoms with E-state index in [0.29, 0.717) is 25.3 Å². The third kappa shape index (κ3) is 2.13. The molecule has 1 aliphatic rings. The largest absolute Gasteiger partial charge is 0.399 e. The van der Waals surface area contributed by atoms with Gasteiger partial charge < -0.3 is 16.0 Å². The lowest BCUT2D eigenvalue weighted by Crippen LogP contribution is -2.51. The number of anilines is 1. The predicted octanol–water partition coefficient (Wildman–Crippen LogP) is -0.273. The fourth-order valence-electron chi connectivity index (χ4n) is 1.62. The Bertz CT molecular complexity index is 414. The molecule has 1 fully saturated rings. The van der Waals surface area contributed by atoms with Crippen LogP contribution in [0.2, 0.25) is 0 Å². The van der Waals surface area contributed by atoms with Crippen LogP contribution in [0.4, 0.5) is 5.69 Å². The van der Waals surface area contributed by atoms with Gasteiger partial charge in [-0.3, -0.25) is 9.59 Å². The van der Waals surface area contributed by atoms with Crippen LogP contribution < -0.4 is 11.1 Å². The summed E-state index contributed by atoms with van der Waals surface area (Å²) in [6.45, 7) is 1.51. The number of benzene rings is 1. The molecule has 0 aliphatic carbocycles. The molecule has 5 nitrogen and oxygen atoms in total. The van der Waals surface area contributed by atoms with Gasteiger partial charge in [0.2, 0.25) is 0 Å². The molecular weight excluding hydrogens is 206 g/mol. The van der Waals surface area contributed by atoms with Crippen molar-refractivity contribution in [2.75, 3.05) is 18.8 Å². The Kier molecular flexibility index (Phi) is 2.76. The summed E-state index contributed by atoms with van der Waals surface area (Å²) >= 11 is 0. The Balaban J connectivity index is 2.06. The number of nitrogens with one attached hydrogen (secondary N) is 1. The van der Waals surface area contributed by atoms with Crippen LogP contribution in [0.1, 0.15) is 5.56 Å². The topological polar surface area (TPSA) is 75.4 Å². The zero-order chi connectivity index (χ0) is 11.5. The van der Waals surface area contributed by atoms with E-state index in [0.717, 1.165) is 5.56 Å². The van der Waals surface area contributed by atoms with E-state index in [-0.39, 0.29) is 0 Å². The van der Waals surface area contributed by atoms with E-state index in [9.17, 15) is 9.59 Å². The highest BCUT2D eigenvalue weighted by molar-refractivity contribution is 6.35. The normalized spacial score (nSPS) is 16.1. The predicted molar refractivity (Wildman–Crippen MR) is 59.3 cm³/mol. The number of nitrogens with zero attached hydrogens (tertiary/aromatic N) is 1. The lowest BCUT2D eigenvalue weighted by atomic mass is 10.2. The highest BCUT2D eigenvalue weighted by Crippen LogP contribution is 2.09.